The second-order valence-corrected chi connectivity index (χ2v) is 6.94. The van der Waals surface area contributed by atoms with Gasteiger partial charge in [-0.3, -0.25) is 5.41 Å². The highest BCUT2D eigenvalue weighted by Gasteiger charge is 2.21. The van der Waals surface area contributed by atoms with Crippen molar-refractivity contribution in [2.45, 2.75) is 25.3 Å². The van der Waals surface area contributed by atoms with Gasteiger partial charge in [0.1, 0.15) is 11.3 Å². The lowest BCUT2D eigenvalue weighted by Crippen LogP contribution is -2.15. The molecule has 2 N–H and O–H groups in total. The van der Waals surface area contributed by atoms with Crippen LogP contribution in [0, 0.1) is 5.41 Å². The van der Waals surface area contributed by atoms with Crippen molar-refractivity contribution in [3.63, 3.8) is 0 Å². The summed E-state index contributed by atoms with van der Waals surface area (Å²) < 4.78 is 7.30. The topological polar surface area (TPSA) is 79.6 Å². The van der Waals surface area contributed by atoms with E-state index in [0.29, 0.717) is 33.7 Å². The van der Waals surface area contributed by atoms with Crippen molar-refractivity contribution in [1.29, 1.82) is 5.41 Å². The van der Waals surface area contributed by atoms with Gasteiger partial charge < -0.3 is 14.3 Å². The molecule has 25 heavy (non-hydrogen) atoms. The number of ether oxygens (including phenoxy) is 1. The van der Waals surface area contributed by atoms with E-state index in [-0.39, 0.29) is 5.49 Å². The minimum atomic E-state index is 0.183. The maximum atomic E-state index is 8.08. The third-order valence-corrected chi connectivity index (χ3v) is 5.24. The molecule has 3 aromatic rings. The molecule has 0 amide bonds. The number of nitrogens with one attached hydrogen (secondary N) is 2. The van der Waals surface area contributed by atoms with E-state index in [9.17, 15) is 0 Å². The number of benzene rings is 1. The maximum Gasteiger partial charge on any atom is 0.173 e. The molecule has 0 bridgehead atoms. The number of H-pyrrole nitrogens is 1. The summed E-state index contributed by atoms with van der Waals surface area (Å²) >= 11 is 12.6. The molecule has 3 heterocycles. The zero-order valence-electron chi connectivity index (χ0n) is 13.4. The highest BCUT2D eigenvalue weighted by atomic mass is 35.5. The second-order valence-electron chi connectivity index (χ2n) is 6.13. The lowest BCUT2D eigenvalue weighted by molar-refractivity contribution is 0.0838. The van der Waals surface area contributed by atoms with Crippen LogP contribution in [0.1, 0.15) is 30.1 Å². The van der Waals surface area contributed by atoms with Gasteiger partial charge in [0, 0.05) is 34.7 Å². The van der Waals surface area contributed by atoms with Crippen molar-refractivity contribution in [2.24, 2.45) is 0 Å². The summed E-state index contributed by atoms with van der Waals surface area (Å²) in [5, 5.41) is 9.28. The van der Waals surface area contributed by atoms with Gasteiger partial charge in [-0.2, -0.15) is 0 Å². The van der Waals surface area contributed by atoms with Crippen LogP contribution in [0.3, 0.4) is 0 Å². The van der Waals surface area contributed by atoms with Crippen molar-refractivity contribution < 1.29 is 4.74 Å². The summed E-state index contributed by atoms with van der Waals surface area (Å²) in [5.74, 6) is 1.21. The number of nitrogens with zero attached hydrogens (tertiary/aromatic N) is 3. The van der Waals surface area contributed by atoms with Gasteiger partial charge in [0.05, 0.1) is 12.9 Å². The zero-order chi connectivity index (χ0) is 17.4. The van der Waals surface area contributed by atoms with Crippen LogP contribution in [0.4, 0.5) is 0 Å². The Morgan fingerprint density at radius 2 is 1.96 bits per heavy atom. The monoisotopic (exact) mass is 377 g/mol. The Bertz CT molecular complexity index is 955. The summed E-state index contributed by atoms with van der Waals surface area (Å²) in [6.45, 7) is 1.92. The van der Waals surface area contributed by atoms with E-state index in [2.05, 4.69) is 9.97 Å². The Labute approximate surface area is 154 Å². The lowest BCUT2D eigenvalue weighted by atomic mass is 10.00. The van der Waals surface area contributed by atoms with Crippen LogP contribution in [0.15, 0.2) is 24.5 Å². The van der Waals surface area contributed by atoms with E-state index in [1.54, 1.807) is 6.33 Å². The van der Waals surface area contributed by atoms with Gasteiger partial charge in [-0.05, 0) is 25.0 Å². The average Bonchev–Trinajstić information content (AvgIpc) is 3.07. The Kier molecular flexibility index (Phi) is 4.50. The van der Waals surface area contributed by atoms with E-state index in [0.717, 1.165) is 37.4 Å². The number of aromatic amines is 1. The number of hydrogen-bond donors (Lipinski definition) is 2. The van der Waals surface area contributed by atoms with Crippen LogP contribution in [0.5, 0.6) is 0 Å². The smallest absolute Gasteiger partial charge is 0.173 e. The molecule has 0 unspecified atom stereocenters. The van der Waals surface area contributed by atoms with Crippen LogP contribution in [0.2, 0.25) is 10.0 Å². The number of rotatable bonds is 3. The van der Waals surface area contributed by atoms with E-state index in [4.69, 9.17) is 38.3 Å². The van der Waals surface area contributed by atoms with Crippen LogP contribution < -0.4 is 5.49 Å². The van der Waals surface area contributed by atoms with Crippen LogP contribution in [-0.4, -0.2) is 32.7 Å². The molecule has 1 aliphatic rings. The fourth-order valence-corrected chi connectivity index (χ4v) is 3.65. The van der Waals surface area contributed by atoms with E-state index < -0.39 is 0 Å². The summed E-state index contributed by atoms with van der Waals surface area (Å²) in [6.07, 6.45) is 3.47. The first-order chi connectivity index (χ1) is 12.1. The van der Waals surface area contributed by atoms with E-state index >= 15 is 0 Å². The first-order valence-electron chi connectivity index (χ1n) is 8.14. The molecule has 1 aromatic carbocycles. The molecule has 6 nitrogen and oxygen atoms in total. The number of imidazole rings is 1. The first-order valence-corrected chi connectivity index (χ1v) is 8.89. The third-order valence-electron chi connectivity index (χ3n) is 4.54. The third kappa shape index (κ3) is 3.17. The van der Waals surface area contributed by atoms with Crippen molar-refractivity contribution in [3.8, 4) is 0 Å². The second kappa shape index (κ2) is 6.78. The van der Waals surface area contributed by atoms with Crippen molar-refractivity contribution in [3.05, 3.63) is 51.4 Å². The minimum absolute atomic E-state index is 0.183. The average molecular weight is 378 g/mol. The van der Waals surface area contributed by atoms with Gasteiger partial charge in [0.2, 0.25) is 0 Å². The van der Waals surface area contributed by atoms with Crippen molar-refractivity contribution in [2.75, 3.05) is 13.2 Å². The van der Waals surface area contributed by atoms with Crippen LogP contribution in [0.25, 0.3) is 11.2 Å². The quantitative estimate of drug-likeness (QED) is 0.732. The first kappa shape index (κ1) is 16.6. The Morgan fingerprint density at radius 1 is 1.24 bits per heavy atom. The standard InChI is InChI=1S/C17H17Cl2N5O/c18-12-2-1-3-13(19)11(12)8-24-9-21-15(20)14-17(24)23-16(22-14)10-4-6-25-7-5-10/h1-3,9-10,20H,4-8H2,(H,22,23). The highest BCUT2D eigenvalue weighted by molar-refractivity contribution is 6.35. The summed E-state index contributed by atoms with van der Waals surface area (Å²) in [7, 11) is 0. The molecule has 4 rings (SSSR count). The molecule has 2 aromatic heterocycles. The maximum absolute atomic E-state index is 8.08. The van der Waals surface area contributed by atoms with Crippen LogP contribution >= 0.6 is 23.2 Å². The van der Waals surface area contributed by atoms with Gasteiger partial charge in [0.25, 0.3) is 0 Å². The molecule has 1 fully saturated rings. The highest BCUT2D eigenvalue weighted by Crippen LogP contribution is 2.28. The fraction of sp³-hybridized carbons (Fsp3) is 0.353. The molecule has 1 aliphatic heterocycles. The minimum Gasteiger partial charge on any atom is -0.381 e. The zero-order valence-corrected chi connectivity index (χ0v) is 14.9. The molecule has 0 radical (unpaired) electrons. The molecule has 130 valence electrons. The Balaban J connectivity index is 1.78. The molecular weight excluding hydrogens is 361 g/mol. The van der Waals surface area contributed by atoms with E-state index in [1.165, 1.54) is 0 Å². The Hall–Kier alpha value is -1.89. The largest absolute Gasteiger partial charge is 0.381 e. The van der Waals surface area contributed by atoms with Gasteiger partial charge >= 0.3 is 0 Å². The Morgan fingerprint density at radius 3 is 2.68 bits per heavy atom. The summed E-state index contributed by atoms with van der Waals surface area (Å²) in [4.78, 5) is 12.2. The lowest BCUT2D eigenvalue weighted by Gasteiger charge is -2.19. The van der Waals surface area contributed by atoms with Crippen molar-refractivity contribution in [1.82, 2.24) is 19.5 Å². The molecule has 0 aliphatic carbocycles. The van der Waals surface area contributed by atoms with Crippen molar-refractivity contribution >= 4 is 34.4 Å². The predicted octanol–water partition coefficient (Wildman–Crippen LogP) is 3.49. The normalized spacial score (nSPS) is 15.8. The molecule has 0 saturated carbocycles. The molecular formula is C17H17Cl2N5O. The fourth-order valence-electron chi connectivity index (χ4n) is 3.14. The van der Waals surface area contributed by atoms with E-state index in [1.807, 2.05) is 22.8 Å². The van der Waals surface area contributed by atoms with Gasteiger partial charge in [-0.1, -0.05) is 29.3 Å². The predicted molar refractivity (Wildman–Crippen MR) is 96.1 cm³/mol. The number of aromatic nitrogens is 4. The van der Waals surface area contributed by atoms with Gasteiger partial charge in [-0.15, -0.1) is 0 Å². The molecule has 8 heteroatoms. The SMILES string of the molecule is N=c1ncn(Cc2c(Cl)cccc2Cl)c2nc(C3CCOCC3)[nH]c12. The number of halogens is 2. The number of fused-ring (bicyclic) bond motifs is 1. The summed E-state index contributed by atoms with van der Waals surface area (Å²) in [5.41, 5.74) is 2.32. The van der Waals surface area contributed by atoms with Gasteiger partial charge in [0.15, 0.2) is 11.1 Å². The molecule has 0 spiro atoms. The van der Waals surface area contributed by atoms with Gasteiger partial charge in [-0.25, -0.2) is 9.97 Å². The summed E-state index contributed by atoms with van der Waals surface area (Å²) in [6, 6.07) is 5.44. The molecule has 1 saturated heterocycles. The number of hydrogen-bond acceptors (Lipinski definition) is 4. The molecule has 0 atom stereocenters. The van der Waals surface area contributed by atoms with Crippen LogP contribution in [-0.2, 0) is 11.3 Å².